The maximum Gasteiger partial charge on any atom is 0.236 e. The predicted octanol–water partition coefficient (Wildman–Crippen LogP) is 0.0173. The molecule has 98 valence electrons. The maximum absolute atomic E-state index is 11.9. The first-order valence-corrected chi connectivity index (χ1v) is 6.15. The van der Waals surface area contributed by atoms with Crippen LogP contribution in [0.4, 0.5) is 0 Å². The molecule has 0 aromatic carbocycles. The topological polar surface area (TPSA) is 43.9 Å². The second-order valence-corrected chi connectivity index (χ2v) is 4.88. The third-order valence-corrected chi connectivity index (χ3v) is 3.34. The Hall–Kier alpha value is -1.10. The van der Waals surface area contributed by atoms with Crippen molar-refractivity contribution in [3.63, 3.8) is 0 Å². The molecule has 5 heteroatoms. The smallest absolute Gasteiger partial charge is 0.236 e. The van der Waals surface area contributed by atoms with E-state index in [1.54, 1.807) is 11.8 Å². The Kier molecular flexibility index (Phi) is 4.93. The van der Waals surface area contributed by atoms with Gasteiger partial charge in [-0.1, -0.05) is 0 Å². The lowest BCUT2D eigenvalue weighted by Crippen LogP contribution is -2.51. The van der Waals surface area contributed by atoms with E-state index in [1.165, 1.54) is 0 Å². The van der Waals surface area contributed by atoms with Gasteiger partial charge in [0.25, 0.3) is 0 Å². The van der Waals surface area contributed by atoms with Gasteiger partial charge in [-0.25, -0.2) is 0 Å². The second-order valence-electron chi connectivity index (χ2n) is 4.88. The van der Waals surface area contributed by atoms with Gasteiger partial charge in [-0.05, 0) is 13.8 Å². The van der Waals surface area contributed by atoms with E-state index in [1.807, 2.05) is 25.8 Å². The first-order valence-electron chi connectivity index (χ1n) is 6.15. The minimum Gasteiger partial charge on any atom is -0.342 e. The van der Waals surface area contributed by atoms with Crippen LogP contribution in [0.1, 0.15) is 20.8 Å². The van der Waals surface area contributed by atoms with Gasteiger partial charge >= 0.3 is 0 Å². The fraction of sp³-hybridized carbons (Fsp3) is 0.833. The van der Waals surface area contributed by atoms with Crippen LogP contribution in [-0.4, -0.2) is 72.3 Å². The molecule has 17 heavy (non-hydrogen) atoms. The van der Waals surface area contributed by atoms with Crippen LogP contribution in [0.2, 0.25) is 0 Å². The molecule has 0 aliphatic carbocycles. The van der Waals surface area contributed by atoms with Crippen LogP contribution in [0, 0.1) is 0 Å². The SMILES string of the molecule is CC(=O)N1CCN(CC(=O)N(C)C(C)C)CC1. The molecule has 1 fully saturated rings. The average molecular weight is 241 g/mol. The molecule has 0 spiro atoms. The Morgan fingerprint density at radius 1 is 1.18 bits per heavy atom. The van der Waals surface area contributed by atoms with Crippen LogP contribution < -0.4 is 0 Å². The molecule has 0 aromatic heterocycles. The predicted molar refractivity (Wildman–Crippen MR) is 66.6 cm³/mol. The monoisotopic (exact) mass is 241 g/mol. The van der Waals surface area contributed by atoms with Gasteiger partial charge in [0.2, 0.25) is 11.8 Å². The van der Waals surface area contributed by atoms with Gasteiger partial charge in [-0.15, -0.1) is 0 Å². The van der Waals surface area contributed by atoms with Crippen LogP contribution in [-0.2, 0) is 9.59 Å². The van der Waals surface area contributed by atoms with Crippen LogP contribution in [0.25, 0.3) is 0 Å². The molecular weight excluding hydrogens is 218 g/mol. The molecule has 0 unspecified atom stereocenters. The Morgan fingerprint density at radius 3 is 2.12 bits per heavy atom. The van der Waals surface area contributed by atoms with Gasteiger partial charge in [0.1, 0.15) is 0 Å². The number of nitrogens with zero attached hydrogens (tertiary/aromatic N) is 3. The molecule has 1 aliphatic heterocycles. The van der Waals surface area contributed by atoms with E-state index >= 15 is 0 Å². The highest BCUT2D eigenvalue weighted by atomic mass is 16.2. The number of rotatable bonds is 3. The first-order chi connectivity index (χ1) is 7.91. The van der Waals surface area contributed by atoms with Crippen molar-refractivity contribution in [2.24, 2.45) is 0 Å². The molecule has 0 N–H and O–H groups in total. The molecule has 1 heterocycles. The van der Waals surface area contributed by atoms with E-state index in [0.717, 1.165) is 26.2 Å². The van der Waals surface area contributed by atoms with Crippen molar-refractivity contribution in [3.8, 4) is 0 Å². The number of hydrogen-bond acceptors (Lipinski definition) is 3. The zero-order valence-electron chi connectivity index (χ0n) is 11.3. The standard InChI is InChI=1S/C12H23N3O2/c1-10(2)13(4)12(17)9-14-5-7-15(8-6-14)11(3)16/h10H,5-9H2,1-4H3. The van der Waals surface area contributed by atoms with Crippen molar-refractivity contribution < 1.29 is 9.59 Å². The Labute approximate surface area is 103 Å². The van der Waals surface area contributed by atoms with Gasteiger partial charge in [0.15, 0.2) is 0 Å². The summed E-state index contributed by atoms with van der Waals surface area (Å²) >= 11 is 0. The summed E-state index contributed by atoms with van der Waals surface area (Å²) in [6, 6.07) is 0.237. The van der Waals surface area contributed by atoms with Crippen molar-refractivity contribution >= 4 is 11.8 Å². The van der Waals surface area contributed by atoms with Crippen molar-refractivity contribution in [1.82, 2.24) is 14.7 Å². The number of amides is 2. The molecule has 0 saturated carbocycles. The molecule has 0 aromatic rings. The van der Waals surface area contributed by atoms with Crippen molar-refractivity contribution in [2.75, 3.05) is 39.8 Å². The Bertz CT molecular complexity index is 283. The lowest BCUT2D eigenvalue weighted by Gasteiger charge is -2.34. The van der Waals surface area contributed by atoms with Crippen LogP contribution >= 0.6 is 0 Å². The molecular formula is C12H23N3O2. The van der Waals surface area contributed by atoms with E-state index < -0.39 is 0 Å². The number of likely N-dealkylation sites (N-methyl/N-ethyl adjacent to an activating group) is 1. The fourth-order valence-corrected chi connectivity index (χ4v) is 1.81. The molecule has 1 saturated heterocycles. The van der Waals surface area contributed by atoms with Gasteiger partial charge in [0.05, 0.1) is 6.54 Å². The Balaban J connectivity index is 2.35. The summed E-state index contributed by atoms with van der Waals surface area (Å²) in [6.45, 7) is 9.10. The summed E-state index contributed by atoms with van der Waals surface area (Å²) in [5.41, 5.74) is 0. The van der Waals surface area contributed by atoms with Gasteiger partial charge in [-0.3, -0.25) is 14.5 Å². The molecule has 1 aliphatic rings. The fourth-order valence-electron chi connectivity index (χ4n) is 1.81. The largest absolute Gasteiger partial charge is 0.342 e. The Morgan fingerprint density at radius 2 is 1.71 bits per heavy atom. The maximum atomic E-state index is 11.9. The van der Waals surface area contributed by atoms with E-state index in [9.17, 15) is 9.59 Å². The van der Waals surface area contributed by atoms with E-state index in [-0.39, 0.29) is 17.9 Å². The summed E-state index contributed by atoms with van der Waals surface area (Å²) in [5.74, 6) is 0.270. The highest BCUT2D eigenvalue weighted by Gasteiger charge is 2.22. The average Bonchev–Trinajstić information content (AvgIpc) is 2.28. The molecule has 0 bridgehead atoms. The number of piperazine rings is 1. The lowest BCUT2D eigenvalue weighted by atomic mass is 10.3. The third kappa shape index (κ3) is 4.00. The number of hydrogen-bond donors (Lipinski definition) is 0. The lowest BCUT2D eigenvalue weighted by molar-refractivity contribution is -0.134. The minimum absolute atomic E-state index is 0.121. The molecule has 0 atom stereocenters. The molecule has 1 rings (SSSR count). The summed E-state index contributed by atoms with van der Waals surface area (Å²) in [7, 11) is 1.83. The van der Waals surface area contributed by atoms with E-state index in [2.05, 4.69) is 4.90 Å². The van der Waals surface area contributed by atoms with Crippen molar-refractivity contribution in [3.05, 3.63) is 0 Å². The number of carbonyl (C=O) groups excluding carboxylic acids is 2. The van der Waals surface area contributed by atoms with Gasteiger partial charge < -0.3 is 9.80 Å². The molecule has 2 amide bonds. The highest BCUT2D eigenvalue weighted by Crippen LogP contribution is 2.03. The van der Waals surface area contributed by atoms with Crippen LogP contribution in [0.15, 0.2) is 0 Å². The van der Waals surface area contributed by atoms with Gasteiger partial charge in [0, 0.05) is 46.2 Å². The van der Waals surface area contributed by atoms with Crippen molar-refractivity contribution in [2.45, 2.75) is 26.8 Å². The summed E-state index contributed by atoms with van der Waals surface area (Å²) in [4.78, 5) is 28.7. The highest BCUT2D eigenvalue weighted by molar-refractivity contribution is 5.78. The number of carbonyl (C=O) groups is 2. The summed E-state index contributed by atoms with van der Waals surface area (Å²) in [5, 5.41) is 0. The van der Waals surface area contributed by atoms with Crippen LogP contribution in [0.5, 0.6) is 0 Å². The first kappa shape index (κ1) is 14.0. The molecule has 5 nitrogen and oxygen atoms in total. The zero-order chi connectivity index (χ0) is 13.0. The van der Waals surface area contributed by atoms with Gasteiger partial charge in [-0.2, -0.15) is 0 Å². The quantitative estimate of drug-likeness (QED) is 0.699. The summed E-state index contributed by atoms with van der Waals surface area (Å²) in [6.07, 6.45) is 0. The second kappa shape index (κ2) is 6.00. The normalized spacial score (nSPS) is 17.4. The molecule has 0 radical (unpaired) electrons. The zero-order valence-corrected chi connectivity index (χ0v) is 11.3. The van der Waals surface area contributed by atoms with Crippen LogP contribution in [0.3, 0.4) is 0 Å². The third-order valence-electron chi connectivity index (χ3n) is 3.34. The summed E-state index contributed by atoms with van der Waals surface area (Å²) < 4.78 is 0. The van der Waals surface area contributed by atoms with E-state index in [0.29, 0.717) is 6.54 Å². The van der Waals surface area contributed by atoms with Crippen molar-refractivity contribution in [1.29, 1.82) is 0 Å². The minimum atomic E-state index is 0.121. The van der Waals surface area contributed by atoms with E-state index in [4.69, 9.17) is 0 Å².